The van der Waals surface area contributed by atoms with Crippen molar-refractivity contribution in [2.75, 3.05) is 19.3 Å². The monoisotopic (exact) mass is 220 g/mol. The molecule has 0 spiro atoms. The number of hydrogen-bond acceptors (Lipinski definition) is 3. The van der Waals surface area contributed by atoms with Gasteiger partial charge >= 0.3 is 0 Å². The third-order valence-electron chi connectivity index (χ3n) is 2.75. The molecule has 1 fully saturated rings. The lowest BCUT2D eigenvalue weighted by atomic mass is 9.92. The average molecular weight is 220 g/mol. The zero-order valence-corrected chi connectivity index (χ0v) is 9.76. The molecule has 0 aromatic carbocycles. The van der Waals surface area contributed by atoms with Gasteiger partial charge in [0.05, 0.1) is 6.26 Å². The first-order valence-corrected chi connectivity index (χ1v) is 6.95. The third-order valence-corrected chi connectivity index (χ3v) is 4.05. The first kappa shape index (κ1) is 11.9. The van der Waals surface area contributed by atoms with Crippen molar-refractivity contribution in [1.29, 1.82) is 0 Å². The van der Waals surface area contributed by atoms with Crippen molar-refractivity contribution >= 4 is 10.0 Å². The molecule has 0 radical (unpaired) electrons. The van der Waals surface area contributed by atoms with Crippen molar-refractivity contribution < 1.29 is 8.42 Å². The molecule has 0 saturated carbocycles. The van der Waals surface area contributed by atoms with E-state index in [0.717, 1.165) is 19.3 Å². The molecule has 84 valence electrons. The molecule has 14 heavy (non-hydrogen) atoms. The molecule has 0 aromatic rings. The van der Waals surface area contributed by atoms with E-state index in [2.05, 4.69) is 0 Å². The maximum Gasteiger partial charge on any atom is 0.211 e. The van der Waals surface area contributed by atoms with E-state index in [1.54, 1.807) is 4.31 Å². The van der Waals surface area contributed by atoms with Crippen LogP contribution in [0.3, 0.4) is 0 Å². The topological polar surface area (TPSA) is 63.4 Å². The van der Waals surface area contributed by atoms with Gasteiger partial charge in [0.25, 0.3) is 0 Å². The van der Waals surface area contributed by atoms with Crippen LogP contribution in [-0.4, -0.2) is 38.1 Å². The highest BCUT2D eigenvalue weighted by molar-refractivity contribution is 7.88. The van der Waals surface area contributed by atoms with Crippen LogP contribution in [0.1, 0.15) is 26.2 Å². The Balaban J connectivity index is 2.39. The number of sulfonamides is 1. The van der Waals surface area contributed by atoms with Gasteiger partial charge in [0, 0.05) is 19.1 Å². The molecule has 1 rings (SSSR count). The van der Waals surface area contributed by atoms with Gasteiger partial charge in [0.2, 0.25) is 10.0 Å². The molecule has 1 aliphatic rings. The summed E-state index contributed by atoms with van der Waals surface area (Å²) in [5.41, 5.74) is 5.71. The number of piperidine rings is 1. The molecule has 0 aromatic heterocycles. The quantitative estimate of drug-likeness (QED) is 0.748. The van der Waals surface area contributed by atoms with Gasteiger partial charge in [-0.3, -0.25) is 0 Å². The lowest BCUT2D eigenvalue weighted by Gasteiger charge is -2.30. The van der Waals surface area contributed by atoms with Gasteiger partial charge in [-0.2, -0.15) is 0 Å². The zero-order valence-electron chi connectivity index (χ0n) is 8.94. The maximum absolute atomic E-state index is 11.2. The largest absolute Gasteiger partial charge is 0.328 e. The molecular formula is C9H20N2O2S. The van der Waals surface area contributed by atoms with Crippen molar-refractivity contribution in [3.05, 3.63) is 0 Å². The Bertz CT molecular complexity index is 267. The van der Waals surface area contributed by atoms with Gasteiger partial charge in [0.1, 0.15) is 0 Å². The van der Waals surface area contributed by atoms with Crippen molar-refractivity contribution in [3.8, 4) is 0 Å². The Morgan fingerprint density at radius 3 is 2.29 bits per heavy atom. The summed E-state index contributed by atoms with van der Waals surface area (Å²) in [7, 11) is -2.98. The SMILES string of the molecule is CC(N)CC1CCN(S(C)(=O)=O)CC1. The standard InChI is InChI=1S/C9H20N2O2S/c1-8(10)7-9-3-5-11(6-4-9)14(2,12)13/h8-9H,3-7,10H2,1-2H3. The Kier molecular flexibility index (Phi) is 3.92. The van der Waals surface area contributed by atoms with Crippen LogP contribution in [0.4, 0.5) is 0 Å². The van der Waals surface area contributed by atoms with Gasteiger partial charge in [-0.15, -0.1) is 0 Å². The van der Waals surface area contributed by atoms with Gasteiger partial charge < -0.3 is 5.73 Å². The molecule has 1 atom stereocenters. The molecule has 1 heterocycles. The summed E-state index contributed by atoms with van der Waals surface area (Å²) < 4.78 is 24.0. The number of nitrogens with zero attached hydrogens (tertiary/aromatic N) is 1. The second-order valence-corrected chi connectivity index (χ2v) is 6.30. The van der Waals surface area contributed by atoms with Gasteiger partial charge in [-0.1, -0.05) is 0 Å². The fourth-order valence-electron chi connectivity index (χ4n) is 2.00. The van der Waals surface area contributed by atoms with Crippen LogP contribution in [0, 0.1) is 5.92 Å². The van der Waals surface area contributed by atoms with Crippen molar-refractivity contribution in [3.63, 3.8) is 0 Å². The molecule has 0 amide bonds. The fraction of sp³-hybridized carbons (Fsp3) is 1.00. The average Bonchev–Trinajstić information content (AvgIpc) is 2.02. The van der Waals surface area contributed by atoms with E-state index in [1.807, 2.05) is 6.92 Å². The van der Waals surface area contributed by atoms with E-state index in [9.17, 15) is 8.42 Å². The normalized spacial score (nSPS) is 23.6. The number of nitrogens with two attached hydrogens (primary N) is 1. The predicted molar refractivity (Wildman–Crippen MR) is 57.4 cm³/mol. The molecule has 0 aliphatic carbocycles. The van der Waals surface area contributed by atoms with E-state index in [1.165, 1.54) is 6.26 Å². The number of rotatable bonds is 3. The highest BCUT2D eigenvalue weighted by atomic mass is 32.2. The van der Waals surface area contributed by atoms with Crippen LogP contribution in [0.5, 0.6) is 0 Å². The Morgan fingerprint density at radius 1 is 1.43 bits per heavy atom. The lowest BCUT2D eigenvalue weighted by molar-refractivity contribution is 0.257. The van der Waals surface area contributed by atoms with Gasteiger partial charge in [-0.05, 0) is 32.1 Å². The summed E-state index contributed by atoms with van der Waals surface area (Å²) in [5, 5.41) is 0. The van der Waals surface area contributed by atoms with E-state index in [0.29, 0.717) is 19.0 Å². The van der Waals surface area contributed by atoms with Crippen molar-refractivity contribution in [2.45, 2.75) is 32.2 Å². The van der Waals surface area contributed by atoms with E-state index < -0.39 is 10.0 Å². The Labute approximate surface area is 86.5 Å². The zero-order chi connectivity index (χ0) is 10.8. The van der Waals surface area contributed by atoms with Crippen LogP contribution < -0.4 is 5.73 Å². The van der Waals surface area contributed by atoms with Crippen LogP contribution in [-0.2, 0) is 10.0 Å². The highest BCUT2D eigenvalue weighted by Crippen LogP contribution is 2.22. The Hall–Kier alpha value is -0.130. The highest BCUT2D eigenvalue weighted by Gasteiger charge is 2.24. The minimum absolute atomic E-state index is 0.227. The van der Waals surface area contributed by atoms with Gasteiger partial charge in [0.15, 0.2) is 0 Å². The first-order valence-electron chi connectivity index (χ1n) is 5.10. The second kappa shape index (κ2) is 4.59. The molecule has 1 unspecified atom stereocenters. The van der Waals surface area contributed by atoms with Gasteiger partial charge in [-0.25, -0.2) is 12.7 Å². The van der Waals surface area contributed by atoms with Crippen LogP contribution in [0.2, 0.25) is 0 Å². The lowest BCUT2D eigenvalue weighted by Crippen LogP contribution is -2.38. The Morgan fingerprint density at radius 2 is 1.93 bits per heavy atom. The van der Waals surface area contributed by atoms with Crippen LogP contribution >= 0.6 is 0 Å². The van der Waals surface area contributed by atoms with E-state index in [-0.39, 0.29) is 6.04 Å². The summed E-state index contributed by atoms with van der Waals surface area (Å²) in [6.45, 7) is 3.33. The van der Waals surface area contributed by atoms with Crippen molar-refractivity contribution in [1.82, 2.24) is 4.31 Å². The molecule has 0 bridgehead atoms. The molecule has 4 nitrogen and oxygen atoms in total. The van der Waals surface area contributed by atoms with E-state index in [4.69, 9.17) is 5.73 Å². The number of hydrogen-bond donors (Lipinski definition) is 1. The minimum Gasteiger partial charge on any atom is -0.328 e. The molecular weight excluding hydrogens is 200 g/mol. The second-order valence-electron chi connectivity index (χ2n) is 4.32. The maximum atomic E-state index is 11.2. The molecule has 1 aliphatic heterocycles. The summed E-state index contributed by atoms with van der Waals surface area (Å²) in [6, 6.07) is 0.227. The smallest absolute Gasteiger partial charge is 0.211 e. The summed E-state index contributed by atoms with van der Waals surface area (Å²) in [4.78, 5) is 0. The summed E-state index contributed by atoms with van der Waals surface area (Å²) in [5.74, 6) is 0.605. The summed E-state index contributed by atoms with van der Waals surface area (Å²) in [6.07, 6.45) is 4.19. The van der Waals surface area contributed by atoms with Crippen molar-refractivity contribution in [2.24, 2.45) is 11.7 Å². The minimum atomic E-state index is -2.98. The third kappa shape index (κ3) is 3.55. The van der Waals surface area contributed by atoms with Crippen LogP contribution in [0.25, 0.3) is 0 Å². The molecule has 5 heteroatoms. The summed E-state index contributed by atoms with van der Waals surface area (Å²) >= 11 is 0. The fourth-order valence-corrected chi connectivity index (χ4v) is 2.88. The first-order chi connectivity index (χ1) is 6.39. The van der Waals surface area contributed by atoms with E-state index >= 15 is 0 Å². The predicted octanol–water partition coefficient (Wildman–Crippen LogP) is 0.395. The molecule has 2 N–H and O–H groups in total. The van der Waals surface area contributed by atoms with Crippen LogP contribution in [0.15, 0.2) is 0 Å². The molecule has 1 saturated heterocycles.